The number of benzene rings is 2. The molecular formula is C21H24N2O2S. The number of carbonyl (C=O) groups is 1. The monoisotopic (exact) mass is 368 g/mol. The molecule has 5 heteroatoms. The molecule has 2 aromatic carbocycles. The summed E-state index contributed by atoms with van der Waals surface area (Å²) in [5, 5.41) is 8.92. The topological polar surface area (TPSA) is 43.8 Å². The number of aliphatic carboxylic acids is 1. The molecule has 0 amide bonds. The van der Waals surface area contributed by atoms with E-state index in [-0.39, 0.29) is 6.42 Å². The minimum absolute atomic E-state index is 0.0793. The molecule has 1 fully saturated rings. The van der Waals surface area contributed by atoms with Crippen molar-refractivity contribution in [2.75, 3.05) is 32.7 Å². The Labute approximate surface area is 159 Å². The molecule has 0 spiro atoms. The smallest absolute Gasteiger partial charge is 0.307 e. The van der Waals surface area contributed by atoms with Crippen LogP contribution in [0.3, 0.4) is 0 Å². The van der Waals surface area contributed by atoms with Crippen molar-refractivity contribution in [1.29, 1.82) is 0 Å². The predicted octanol–water partition coefficient (Wildman–Crippen LogP) is 3.65. The van der Waals surface area contributed by atoms with Gasteiger partial charge in [0.1, 0.15) is 0 Å². The third-order valence-electron chi connectivity index (χ3n) is 4.29. The van der Waals surface area contributed by atoms with Gasteiger partial charge in [-0.2, -0.15) is 0 Å². The van der Waals surface area contributed by atoms with Crippen molar-refractivity contribution in [3.8, 4) is 0 Å². The molecule has 1 N–H and O–H groups in total. The number of carboxylic acids is 1. The van der Waals surface area contributed by atoms with E-state index in [4.69, 9.17) is 5.11 Å². The van der Waals surface area contributed by atoms with Crippen molar-refractivity contribution in [3.05, 3.63) is 71.8 Å². The summed E-state index contributed by atoms with van der Waals surface area (Å²) < 4.78 is 2.36. The zero-order chi connectivity index (χ0) is 18.2. The van der Waals surface area contributed by atoms with Crippen LogP contribution < -0.4 is 0 Å². The van der Waals surface area contributed by atoms with Gasteiger partial charge in [0.25, 0.3) is 0 Å². The Morgan fingerprint density at radius 1 is 1.04 bits per heavy atom. The largest absolute Gasteiger partial charge is 0.481 e. The molecule has 0 aliphatic carbocycles. The number of carboxylic acid groups (broad SMARTS) is 1. The number of rotatable bonds is 7. The summed E-state index contributed by atoms with van der Waals surface area (Å²) in [5.41, 5.74) is 2.09. The Morgan fingerprint density at radius 3 is 2.54 bits per heavy atom. The number of piperazine rings is 1. The van der Waals surface area contributed by atoms with E-state index < -0.39 is 5.97 Å². The summed E-state index contributed by atoms with van der Waals surface area (Å²) in [6.45, 7) is 5.07. The standard InChI is InChI=1S/C21H24N2O2S/c24-21(25)17-19-8-4-10-20(16-19)26-23-14-12-22(13-15-23)11-5-9-18-6-2-1-3-7-18/h1-10,16H,11-15,17H2,(H,24,25)/b9-5+. The lowest BCUT2D eigenvalue weighted by Crippen LogP contribution is -2.43. The van der Waals surface area contributed by atoms with Crippen LogP contribution in [0.4, 0.5) is 0 Å². The van der Waals surface area contributed by atoms with Crippen LogP contribution in [0, 0.1) is 0 Å². The van der Waals surface area contributed by atoms with Gasteiger partial charge in [-0.1, -0.05) is 54.6 Å². The average molecular weight is 369 g/mol. The summed E-state index contributed by atoms with van der Waals surface area (Å²) in [5.74, 6) is -0.788. The summed E-state index contributed by atoms with van der Waals surface area (Å²) in [7, 11) is 0. The summed E-state index contributed by atoms with van der Waals surface area (Å²) in [6, 6.07) is 18.2. The van der Waals surface area contributed by atoms with E-state index in [0.717, 1.165) is 43.2 Å². The molecule has 2 aromatic rings. The number of hydrogen-bond donors (Lipinski definition) is 1. The number of nitrogens with zero attached hydrogens (tertiary/aromatic N) is 2. The maximum Gasteiger partial charge on any atom is 0.307 e. The van der Waals surface area contributed by atoms with Gasteiger partial charge in [-0.3, -0.25) is 9.69 Å². The van der Waals surface area contributed by atoms with Gasteiger partial charge >= 0.3 is 5.97 Å². The maximum atomic E-state index is 10.9. The molecule has 1 heterocycles. The first-order valence-electron chi connectivity index (χ1n) is 8.86. The van der Waals surface area contributed by atoms with Gasteiger partial charge in [-0.15, -0.1) is 0 Å². The third kappa shape index (κ3) is 6.02. The first-order chi connectivity index (χ1) is 12.7. The third-order valence-corrected chi connectivity index (χ3v) is 5.38. The van der Waals surface area contributed by atoms with E-state index in [9.17, 15) is 4.79 Å². The van der Waals surface area contributed by atoms with Crippen molar-refractivity contribution in [3.63, 3.8) is 0 Å². The normalized spacial score (nSPS) is 16.2. The second kappa shape index (κ2) is 9.57. The first kappa shape index (κ1) is 18.7. The molecule has 3 rings (SSSR count). The Kier molecular flexibility index (Phi) is 6.89. The van der Waals surface area contributed by atoms with Crippen molar-refractivity contribution < 1.29 is 9.90 Å². The van der Waals surface area contributed by atoms with Gasteiger partial charge in [-0.25, -0.2) is 4.31 Å². The average Bonchev–Trinajstić information content (AvgIpc) is 2.64. The lowest BCUT2D eigenvalue weighted by atomic mass is 10.2. The molecule has 1 saturated heterocycles. The Morgan fingerprint density at radius 2 is 1.81 bits per heavy atom. The molecule has 0 saturated carbocycles. The minimum Gasteiger partial charge on any atom is -0.481 e. The molecule has 1 aliphatic heterocycles. The van der Waals surface area contributed by atoms with Crippen LogP contribution in [0.2, 0.25) is 0 Å². The fourth-order valence-electron chi connectivity index (χ4n) is 2.94. The van der Waals surface area contributed by atoms with Crippen LogP contribution >= 0.6 is 11.9 Å². The van der Waals surface area contributed by atoms with Gasteiger partial charge < -0.3 is 5.11 Å². The zero-order valence-electron chi connectivity index (χ0n) is 14.8. The molecule has 0 unspecified atom stereocenters. The Hall–Kier alpha value is -2.08. The minimum atomic E-state index is -0.788. The van der Waals surface area contributed by atoms with Gasteiger partial charge in [0, 0.05) is 37.6 Å². The molecule has 136 valence electrons. The molecule has 0 bridgehead atoms. The molecule has 1 aliphatic rings. The van der Waals surface area contributed by atoms with E-state index >= 15 is 0 Å². The van der Waals surface area contributed by atoms with E-state index in [1.165, 1.54) is 5.56 Å². The summed E-state index contributed by atoms with van der Waals surface area (Å²) >= 11 is 1.72. The fraction of sp³-hybridized carbons (Fsp3) is 0.286. The fourth-order valence-corrected chi connectivity index (χ4v) is 3.93. The molecule has 4 nitrogen and oxygen atoms in total. The van der Waals surface area contributed by atoms with Crippen LogP contribution in [0.1, 0.15) is 11.1 Å². The van der Waals surface area contributed by atoms with Crippen LogP contribution in [-0.2, 0) is 11.2 Å². The second-order valence-electron chi connectivity index (χ2n) is 6.35. The highest BCUT2D eigenvalue weighted by Crippen LogP contribution is 2.25. The summed E-state index contributed by atoms with van der Waals surface area (Å²) in [6.07, 6.45) is 4.48. The highest BCUT2D eigenvalue weighted by atomic mass is 32.2. The lowest BCUT2D eigenvalue weighted by Gasteiger charge is -2.33. The maximum absolute atomic E-state index is 10.9. The van der Waals surface area contributed by atoms with Crippen molar-refractivity contribution >= 4 is 24.0 Å². The molecule has 0 radical (unpaired) electrons. The quantitative estimate of drug-likeness (QED) is 0.756. The first-order valence-corrected chi connectivity index (χ1v) is 9.64. The predicted molar refractivity (Wildman–Crippen MR) is 107 cm³/mol. The van der Waals surface area contributed by atoms with Crippen molar-refractivity contribution in [2.24, 2.45) is 0 Å². The zero-order valence-corrected chi connectivity index (χ0v) is 15.6. The molecular weight excluding hydrogens is 344 g/mol. The van der Waals surface area contributed by atoms with E-state index in [0.29, 0.717) is 0 Å². The van der Waals surface area contributed by atoms with E-state index in [1.807, 2.05) is 30.3 Å². The highest BCUT2D eigenvalue weighted by molar-refractivity contribution is 7.97. The SMILES string of the molecule is O=C(O)Cc1cccc(SN2CCN(C/C=C/c3ccccc3)CC2)c1. The summed E-state index contributed by atoms with van der Waals surface area (Å²) in [4.78, 5) is 14.4. The highest BCUT2D eigenvalue weighted by Gasteiger charge is 2.17. The van der Waals surface area contributed by atoms with Crippen molar-refractivity contribution in [1.82, 2.24) is 9.21 Å². The Bertz CT molecular complexity index is 741. The second-order valence-corrected chi connectivity index (χ2v) is 7.52. The molecule has 0 aromatic heterocycles. The van der Waals surface area contributed by atoms with Gasteiger partial charge in [0.15, 0.2) is 0 Å². The number of hydrogen-bond acceptors (Lipinski definition) is 4. The lowest BCUT2D eigenvalue weighted by molar-refractivity contribution is -0.136. The molecule has 0 atom stereocenters. The van der Waals surface area contributed by atoms with Crippen LogP contribution in [0.25, 0.3) is 6.08 Å². The van der Waals surface area contributed by atoms with Gasteiger partial charge in [0.05, 0.1) is 6.42 Å². The Balaban J connectivity index is 1.44. The van der Waals surface area contributed by atoms with Gasteiger partial charge in [0.2, 0.25) is 0 Å². The van der Waals surface area contributed by atoms with Crippen LogP contribution in [-0.4, -0.2) is 53.0 Å². The van der Waals surface area contributed by atoms with Crippen LogP contribution in [0.5, 0.6) is 0 Å². The van der Waals surface area contributed by atoms with E-state index in [1.54, 1.807) is 11.9 Å². The van der Waals surface area contributed by atoms with Crippen LogP contribution in [0.15, 0.2) is 65.6 Å². The molecule has 26 heavy (non-hydrogen) atoms. The van der Waals surface area contributed by atoms with Crippen molar-refractivity contribution in [2.45, 2.75) is 11.3 Å². The van der Waals surface area contributed by atoms with E-state index in [2.05, 4.69) is 45.6 Å². The van der Waals surface area contributed by atoms with Gasteiger partial charge in [-0.05, 0) is 35.2 Å².